The molecule has 2 aromatic carbocycles. The second-order valence-electron chi connectivity index (χ2n) is 7.00. The number of hydrogen-bond acceptors (Lipinski definition) is 6. The van der Waals surface area contributed by atoms with Crippen LogP contribution in [0.25, 0.3) is 5.76 Å². The van der Waals surface area contributed by atoms with Gasteiger partial charge in [-0.25, -0.2) is 0 Å². The first-order chi connectivity index (χ1) is 15.0. The molecular formula is C23H17N3O5. The Balaban J connectivity index is 1.85. The van der Waals surface area contributed by atoms with Gasteiger partial charge in [0.15, 0.2) is 0 Å². The van der Waals surface area contributed by atoms with Crippen molar-refractivity contribution >= 4 is 23.1 Å². The summed E-state index contributed by atoms with van der Waals surface area (Å²) in [5.74, 6) is -1.87. The van der Waals surface area contributed by atoms with Crippen LogP contribution >= 0.6 is 0 Å². The number of amides is 1. The summed E-state index contributed by atoms with van der Waals surface area (Å²) in [7, 11) is 0. The molecule has 0 unspecified atom stereocenters. The quantitative estimate of drug-likeness (QED) is 0.224. The second-order valence-corrected chi connectivity index (χ2v) is 7.00. The van der Waals surface area contributed by atoms with Gasteiger partial charge in [0.05, 0.1) is 16.5 Å². The molecule has 154 valence electrons. The lowest BCUT2D eigenvalue weighted by Crippen LogP contribution is -2.29. The zero-order chi connectivity index (χ0) is 22.0. The zero-order valence-corrected chi connectivity index (χ0v) is 16.2. The van der Waals surface area contributed by atoms with Gasteiger partial charge in [0, 0.05) is 36.6 Å². The van der Waals surface area contributed by atoms with Crippen LogP contribution < -0.4 is 0 Å². The number of Topliss-reactive ketones (excluding diaryl/α,β-unsaturated/α-hetero) is 1. The highest BCUT2D eigenvalue weighted by Crippen LogP contribution is 2.40. The van der Waals surface area contributed by atoms with Crippen LogP contribution in [0.1, 0.15) is 22.7 Å². The highest BCUT2D eigenvalue weighted by atomic mass is 16.6. The van der Waals surface area contributed by atoms with E-state index in [-0.39, 0.29) is 23.6 Å². The van der Waals surface area contributed by atoms with Gasteiger partial charge < -0.3 is 10.0 Å². The molecule has 1 amide bonds. The number of hydrogen-bond donors (Lipinski definition) is 1. The van der Waals surface area contributed by atoms with Crippen molar-refractivity contribution in [3.05, 3.63) is 112 Å². The summed E-state index contributed by atoms with van der Waals surface area (Å²) in [6.45, 7) is 0.0889. The van der Waals surface area contributed by atoms with E-state index in [1.54, 1.807) is 54.9 Å². The number of carbonyl (C=O) groups is 2. The van der Waals surface area contributed by atoms with Gasteiger partial charge in [0.25, 0.3) is 17.4 Å². The molecule has 0 bridgehead atoms. The Morgan fingerprint density at radius 2 is 1.74 bits per heavy atom. The molecule has 1 saturated heterocycles. The Morgan fingerprint density at radius 1 is 1.03 bits per heavy atom. The van der Waals surface area contributed by atoms with Crippen LogP contribution in [0, 0.1) is 10.1 Å². The zero-order valence-electron chi connectivity index (χ0n) is 16.2. The maximum absolute atomic E-state index is 12.9. The molecule has 1 fully saturated rings. The predicted octanol–water partition coefficient (Wildman–Crippen LogP) is 3.61. The third-order valence-electron chi connectivity index (χ3n) is 5.08. The summed E-state index contributed by atoms with van der Waals surface area (Å²) in [5.41, 5.74) is 1.40. The summed E-state index contributed by atoms with van der Waals surface area (Å²) in [6, 6.07) is 16.6. The van der Waals surface area contributed by atoms with Gasteiger partial charge in [-0.1, -0.05) is 36.4 Å². The van der Waals surface area contributed by atoms with E-state index in [9.17, 15) is 24.8 Å². The Labute approximate surface area is 177 Å². The molecule has 1 N–H and O–H groups in total. The highest BCUT2D eigenvalue weighted by Gasteiger charge is 2.46. The van der Waals surface area contributed by atoms with Crippen molar-refractivity contribution < 1.29 is 19.6 Å². The molecule has 1 aliphatic rings. The molecule has 1 aliphatic heterocycles. The van der Waals surface area contributed by atoms with Crippen LogP contribution in [0.15, 0.2) is 84.7 Å². The summed E-state index contributed by atoms with van der Waals surface area (Å²) in [6.07, 6.45) is 3.18. The Bertz CT molecular complexity index is 1170. The number of aromatic nitrogens is 1. The van der Waals surface area contributed by atoms with Crippen molar-refractivity contribution in [2.45, 2.75) is 12.6 Å². The van der Waals surface area contributed by atoms with Crippen molar-refractivity contribution in [3.8, 4) is 0 Å². The van der Waals surface area contributed by atoms with Crippen LogP contribution in [0.2, 0.25) is 0 Å². The van der Waals surface area contributed by atoms with E-state index in [4.69, 9.17) is 0 Å². The molecule has 0 aliphatic carbocycles. The molecule has 3 aromatic rings. The van der Waals surface area contributed by atoms with E-state index < -0.39 is 22.7 Å². The van der Waals surface area contributed by atoms with Crippen molar-refractivity contribution in [2.75, 3.05) is 0 Å². The van der Waals surface area contributed by atoms with Crippen LogP contribution in [-0.2, 0) is 16.1 Å². The SMILES string of the molecule is O=C1C(=O)N(Cc2cccnc2)[C@@H](c2ccc([N+](=O)[O-])cc2)C1=C(O)c1ccccc1. The van der Waals surface area contributed by atoms with Gasteiger partial charge in [-0.3, -0.25) is 24.7 Å². The summed E-state index contributed by atoms with van der Waals surface area (Å²) in [4.78, 5) is 41.8. The second kappa shape index (κ2) is 8.19. The number of non-ortho nitro benzene ring substituents is 1. The summed E-state index contributed by atoms with van der Waals surface area (Å²) < 4.78 is 0. The average molecular weight is 415 g/mol. The largest absolute Gasteiger partial charge is 0.507 e. The first kappa shape index (κ1) is 20.0. The molecular weight excluding hydrogens is 398 g/mol. The van der Waals surface area contributed by atoms with Crippen LogP contribution in [0.4, 0.5) is 5.69 Å². The van der Waals surface area contributed by atoms with E-state index in [0.29, 0.717) is 16.7 Å². The maximum atomic E-state index is 12.9. The first-order valence-electron chi connectivity index (χ1n) is 9.44. The van der Waals surface area contributed by atoms with Gasteiger partial charge in [-0.2, -0.15) is 0 Å². The lowest BCUT2D eigenvalue weighted by molar-refractivity contribution is -0.384. The van der Waals surface area contributed by atoms with E-state index >= 15 is 0 Å². The van der Waals surface area contributed by atoms with Crippen molar-refractivity contribution in [2.24, 2.45) is 0 Å². The van der Waals surface area contributed by atoms with Crippen LogP contribution in [0.5, 0.6) is 0 Å². The minimum absolute atomic E-state index is 0.0612. The van der Waals surface area contributed by atoms with Crippen LogP contribution in [0.3, 0.4) is 0 Å². The van der Waals surface area contributed by atoms with Crippen molar-refractivity contribution in [3.63, 3.8) is 0 Å². The number of nitrogens with zero attached hydrogens (tertiary/aromatic N) is 3. The molecule has 1 atom stereocenters. The summed E-state index contributed by atoms with van der Waals surface area (Å²) >= 11 is 0. The standard InChI is InChI=1S/C23H17N3O5/c27-21(17-6-2-1-3-7-17)19-20(16-8-10-18(11-9-16)26(30)31)25(23(29)22(19)28)14-15-5-4-12-24-13-15/h1-13,20,27H,14H2/t20-/m0/s1. The fraction of sp³-hybridized carbons (Fsp3) is 0.0870. The number of benzene rings is 2. The average Bonchev–Trinajstić information content (AvgIpc) is 3.05. The van der Waals surface area contributed by atoms with Gasteiger partial charge in [0.2, 0.25) is 0 Å². The topological polar surface area (TPSA) is 114 Å². The molecule has 0 saturated carbocycles. The smallest absolute Gasteiger partial charge is 0.295 e. The Kier molecular flexibility index (Phi) is 5.28. The fourth-order valence-corrected chi connectivity index (χ4v) is 3.61. The molecule has 0 radical (unpaired) electrons. The van der Waals surface area contributed by atoms with Gasteiger partial charge >= 0.3 is 0 Å². The fourth-order valence-electron chi connectivity index (χ4n) is 3.61. The minimum Gasteiger partial charge on any atom is -0.507 e. The molecule has 1 aromatic heterocycles. The van der Waals surface area contributed by atoms with Crippen molar-refractivity contribution in [1.29, 1.82) is 0 Å². The van der Waals surface area contributed by atoms with E-state index in [1.165, 1.54) is 29.2 Å². The molecule has 2 heterocycles. The lowest BCUT2D eigenvalue weighted by atomic mass is 9.95. The van der Waals surface area contributed by atoms with E-state index in [1.807, 2.05) is 0 Å². The number of likely N-dealkylation sites (tertiary alicyclic amines) is 1. The number of aliphatic hydroxyl groups is 1. The van der Waals surface area contributed by atoms with Gasteiger partial charge in [0.1, 0.15) is 5.76 Å². The Hall–Kier alpha value is -4.33. The number of pyridine rings is 1. The predicted molar refractivity (Wildman–Crippen MR) is 112 cm³/mol. The molecule has 31 heavy (non-hydrogen) atoms. The van der Waals surface area contributed by atoms with Crippen LogP contribution in [-0.4, -0.2) is 31.6 Å². The number of aliphatic hydroxyl groups excluding tert-OH is 1. The molecule has 4 rings (SSSR count). The number of nitro groups is 1. The normalized spacial score (nSPS) is 17.7. The lowest BCUT2D eigenvalue weighted by Gasteiger charge is -2.25. The number of ketones is 1. The molecule has 8 nitrogen and oxygen atoms in total. The minimum atomic E-state index is -0.902. The highest BCUT2D eigenvalue weighted by molar-refractivity contribution is 6.46. The first-order valence-corrected chi connectivity index (χ1v) is 9.44. The maximum Gasteiger partial charge on any atom is 0.295 e. The third kappa shape index (κ3) is 3.78. The van der Waals surface area contributed by atoms with Gasteiger partial charge in [-0.05, 0) is 29.3 Å². The number of carbonyl (C=O) groups excluding carboxylic acids is 2. The number of nitro benzene ring substituents is 1. The van der Waals surface area contributed by atoms with Gasteiger partial charge in [-0.15, -0.1) is 0 Å². The monoisotopic (exact) mass is 415 g/mol. The molecule has 8 heteroatoms. The summed E-state index contributed by atoms with van der Waals surface area (Å²) in [5, 5.41) is 22.0. The molecule has 0 spiro atoms. The third-order valence-corrected chi connectivity index (χ3v) is 5.08. The van der Waals surface area contributed by atoms with E-state index in [2.05, 4.69) is 4.98 Å². The van der Waals surface area contributed by atoms with Crippen molar-refractivity contribution in [1.82, 2.24) is 9.88 Å². The Morgan fingerprint density at radius 3 is 2.35 bits per heavy atom. The van der Waals surface area contributed by atoms with E-state index in [0.717, 1.165) is 0 Å². The number of rotatable bonds is 5.